The minimum Gasteiger partial charge on any atom is -0.479 e. The summed E-state index contributed by atoms with van der Waals surface area (Å²) in [5.74, 6) is -1.79. The van der Waals surface area contributed by atoms with Crippen LogP contribution in [0.5, 0.6) is 0 Å². The lowest BCUT2D eigenvalue weighted by Gasteiger charge is -2.16. The van der Waals surface area contributed by atoms with Crippen LogP contribution in [0.1, 0.15) is 48.9 Å². The summed E-state index contributed by atoms with van der Waals surface area (Å²) in [5, 5.41) is 14.5. The highest BCUT2D eigenvalue weighted by molar-refractivity contribution is 5.87. The SMILES string of the molecule is CCCNC(=O)CCC(=O)NC(C(=O)O)c1ccc(C)c(C)c1. The molecule has 0 saturated heterocycles. The van der Waals surface area contributed by atoms with Gasteiger partial charge in [0, 0.05) is 19.4 Å². The van der Waals surface area contributed by atoms with Crippen molar-refractivity contribution in [3.63, 3.8) is 0 Å². The van der Waals surface area contributed by atoms with Crippen LogP contribution in [0.3, 0.4) is 0 Å². The Morgan fingerprint density at radius 3 is 2.30 bits per heavy atom. The van der Waals surface area contributed by atoms with Gasteiger partial charge in [-0.15, -0.1) is 0 Å². The fourth-order valence-corrected chi connectivity index (χ4v) is 2.04. The van der Waals surface area contributed by atoms with Gasteiger partial charge in [-0.3, -0.25) is 9.59 Å². The van der Waals surface area contributed by atoms with Crippen molar-refractivity contribution < 1.29 is 19.5 Å². The van der Waals surface area contributed by atoms with Crippen molar-refractivity contribution in [1.82, 2.24) is 10.6 Å². The van der Waals surface area contributed by atoms with Crippen LogP contribution in [0.15, 0.2) is 18.2 Å². The molecule has 0 aliphatic heterocycles. The fourth-order valence-electron chi connectivity index (χ4n) is 2.04. The van der Waals surface area contributed by atoms with Crippen molar-refractivity contribution in [3.8, 4) is 0 Å². The lowest BCUT2D eigenvalue weighted by atomic mass is 10.0. The van der Waals surface area contributed by atoms with E-state index >= 15 is 0 Å². The number of hydrogen-bond donors (Lipinski definition) is 3. The topological polar surface area (TPSA) is 95.5 Å². The van der Waals surface area contributed by atoms with Gasteiger partial charge in [0.2, 0.25) is 11.8 Å². The van der Waals surface area contributed by atoms with Crippen LogP contribution in [-0.2, 0) is 14.4 Å². The molecular formula is C17H24N2O4. The first-order chi connectivity index (χ1) is 10.8. The van der Waals surface area contributed by atoms with Crippen LogP contribution in [0, 0.1) is 13.8 Å². The number of nitrogens with one attached hydrogen (secondary N) is 2. The Labute approximate surface area is 136 Å². The fraction of sp³-hybridized carbons (Fsp3) is 0.471. The maximum Gasteiger partial charge on any atom is 0.330 e. The van der Waals surface area contributed by atoms with E-state index in [1.807, 2.05) is 26.8 Å². The average Bonchev–Trinajstić information content (AvgIpc) is 2.51. The van der Waals surface area contributed by atoms with Crippen LogP contribution in [0.4, 0.5) is 0 Å². The molecule has 0 bridgehead atoms. The normalized spacial score (nSPS) is 11.6. The van der Waals surface area contributed by atoms with E-state index in [0.717, 1.165) is 17.5 Å². The maximum absolute atomic E-state index is 11.9. The molecule has 1 aromatic carbocycles. The smallest absolute Gasteiger partial charge is 0.330 e. The van der Waals surface area contributed by atoms with E-state index < -0.39 is 17.9 Å². The summed E-state index contributed by atoms with van der Waals surface area (Å²) in [6.07, 6.45) is 0.834. The van der Waals surface area contributed by atoms with Crippen molar-refractivity contribution >= 4 is 17.8 Å². The molecule has 0 aliphatic rings. The number of amides is 2. The molecule has 0 saturated carbocycles. The molecule has 1 rings (SSSR count). The number of carbonyl (C=O) groups excluding carboxylic acids is 2. The highest BCUT2D eigenvalue weighted by Gasteiger charge is 2.22. The maximum atomic E-state index is 11.9. The van der Waals surface area contributed by atoms with Gasteiger partial charge in [0.1, 0.15) is 0 Å². The third kappa shape index (κ3) is 6.10. The minimum absolute atomic E-state index is 0.0375. The molecule has 3 N–H and O–H groups in total. The largest absolute Gasteiger partial charge is 0.479 e. The van der Waals surface area contributed by atoms with Gasteiger partial charge in [0.25, 0.3) is 0 Å². The van der Waals surface area contributed by atoms with Crippen LogP contribution < -0.4 is 10.6 Å². The zero-order valence-corrected chi connectivity index (χ0v) is 13.8. The first-order valence-electron chi connectivity index (χ1n) is 7.71. The zero-order chi connectivity index (χ0) is 17.4. The Balaban J connectivity index is 2.65. The first kappa shape index (κ1) is 18.7. The third-order valence-corrected chi connectivity index (χ3v) is 3.57. The molecule has 1 atom stereocenters. The van der Waals surface area contributed by atoms with Crippen molar-refractivity contribution in [2.45, 2.75) is 46.1 Å². The number of aryl methyl sites for hydroxylation is 2. The average molecular weight is 320 g/mol. The van der Waals surface area contributed by atoms with Crippen LogP contribution in [0.2, 0.25) is 0 Å². The molecule has 6 heteroatoms. The number of benzene rings is 1. The summed E-state index contributed by atoms with van der Waals surface area (Å²) in [7, 11) is 0. The summed E-state index contributed by atoms with van der Waals surface area (Å²) < 4.78 is 0. The molecule has 0 heterocycles. The molecule has 0 aromatic heterocycles. The number of hydrogen-bond acceptors (Lipinski definition) is 3. The number of carboxylic acid groups (broad SMARTS) is 1. The predicted octanol–water partition coefficient (Wildman–Crippen LogP) is 1.85. The van der Waals surface area contributed by atoms with Gasteiger partial charge in [0.15, 0.2) is 6.04 Å². The van der Waals surface area contributed by atoms with Crippen molar-refractivity contribution in [2.75, 3.05) is 6.54 Å². The molecule has 1 aromatic rings. The summed E-state index contributed by atoms with van der Waals surface area (Å²) in [6.45, 7) is 6.33. The lowest BCUT2D eigenvalue weighted by molar-refractivity contribution is -0.142. The summed E-state index contributed by atoms with van der Waals surface area (Å²) in [5.41, 5.74) is 2.53. The van der Waals surface area contributed by atoms with E-state index in [0.29, 0.717) is 12.1 Å². The summed E-state index contributed by atoms with van der Waals surface area (Å²) in [4.78, 5) is 34.8. The predicted molar refractivity (Wildman–Crippen MR) is 87.0 cm³/mol. The van der Waals surface area contributed by atoms with Crippen LogP contribution in [-0.4, -0.2) is 29.4 Å². The van der Waals surface area contributed by atoms with Crippen molar-refractivity contribution in [1.29, 1.82) is 0 Å². The monoisotopic (exact) mass is 320 g/mol. The van der Waals surface area contributed by atoms with Gasteiger partial charge in [-0.25, -0.2) is 4.79 Å². The Kier molecular flexibility index (Phi) is 7.25. The number of carbonyl (C=O) groups is 3. The van der Waals surface area contributed by atoms with E-state index in [1.165, 1.54) is 0 Å². The quantitative estimate of drug-likeness (QED) is 0.681. The lowest BCUT2D eigenvalue weighted by Crippen LogP contribution is -2.34. The zero-order valence-electron chi connectivity index (χ0n) is 13.8. The van der Waals surface area contributed by atoms with E-state index in [-0.39, 0.29) is 18.7 Å². The van der Waals surface area contributed by atoms with Crippen molar-refractivity contribution in [2.24, 2.45) is 0 Å². The summed E-state index contributed by atoms with van der Waals surface area (Å²) in [6, 6.07) is 4.16. The first-order valence-corrected chi connectivity index (χ1v) is 7.71. The number of carboxylic acids is 1. The Morgan fingerprint density at radius 2 is 1.74 bits per heavy atom. The van der Waals surface area contributed by atoms with Crippen LogP contribution >= 0.6 is 0 Å². The summed E-state index contributed by atoms with van der Waals surface area (Å²) >= 11 is 0. The molecule has 6 nitrogen and oxygen atoms in total. The molecular weight excluding hydrogens is 296 g/mol. The second-order valence-electron chi connectivity index (χ2n) is 5.53. The molecule has 23 heavy (non-hydrogen) atoms. The number of aliphatic carboxylic acids is 1. The van der Waals surface area contributed by atoms with Gasteiger partial charge < -0.3 is 15.7 Å². The Bertz CT molecular complexity index is 584. The Morgan fingerprint density at radius 1 is 1.09 bits per heavy atom. The van der Waals surface area contributed by atoms with Crippen LogP contribution in [0.25, 0.3) is 0 Å². The van der Waals surface area contributed by atoms with E-state index in [9.17, 15) is 19.5 Å². The van der Waals surface area contributed by atoms with E-state index in [4.69, 9.17) is 0 Å². The number of rotatable bonds is 8. The molecule has 0 aliphatic carbocycles. The van der Waals surface area contributed by atoms with E-state index in [2.05, 4.69) is 10.6 Å². The third-order valence-electron chi connectivity index (χ3n) is 3.57. The van der Waals surface area contributed by atoms with Gasteiger partial charge in [-0.2, -0.15) is 0 Å². The highest BCUT2D eigenvalue weighted by atomic mass is 16.4. The molecule has 0 spiro atoms. The molecule has 0 fully saturated rings. The molecule has 1 unspecified atom stereocenters. The second kappa shape index (κ2) is 8.92. The molecule has 0 radical (unpaired) electrons. The highest BCUT2D eigenvalue weighted by Crippen LogP contribution is 2.17. The van der Waals surface area contributed by atoms with Gasteiger partial charge in [-0.1, -0.05) is 25.1 Å². The molecule has 126 valence electrons. The van der Waals surface area contributed by atoms with Gasteiger partial charge >= 0.3 is 5.97 Å². The van der Waals surface area contributed by atoms with Gasteiger partial charge in [-0.05, 0) is 37.0 Å². The van der Waals surface area contributed by atoms with Crippen molar-refractivity contribution in [3.05, 3.63) is 34.9 Å². The molecule has 2 amide bonds. The standard InChI is InChI=1S/C17H24N2O4/c1-4-9-18-14(20)7-8-15(21)19-16(17(22)23)13-6-5-11(2)12(3)10-13/h5-6,10,16H,4,7-9H2,1-3H3,(H,18,20)(H,19,21)(H,22,23). The van der Waals surface area contributed by atoms with Gasteiger partial charge in [0.05, 0.1) is 0 Å². The second-order valence-corrected chi connectivity index (χ2v) is 5.53. The van der Waals surface area contributed by atoms with E-state index in [1.54, 1.807) is 12.1 Å². The minimum atomic E-state index is -1.13. The Hall–Kier alpha value is -2.37.